The topological polar surface area (TPSA) is 63.2 Å². The molecule has 0 unspecified atom stereocenters. The third-order valence-electron chi connectivity index (χ3n) is 2.75. The average molecular weight is 213 g/mol. The van der Waals surface area contributed by atoms with Crippen molar-refractivity contribution in [2.45, 2.75) is 44.1 Å². The summed E-state index contributed by atoms with van der Waals surface area (Å²) in [5, 5.41) is 3.14. The highest BCUT2D eigenvalue weighted by molar-refractivity contribution is 5.51. The van der Waals surface area contributed by atoms with E-state index in [1.807, 2.05) is 0 Å². The van der Waals surface area contributed by atoms with Crippen LogP contribution in [0.15, 0.2) is 0 Å². The summed E-state index contributed by atoms with van der Waals surface area (Å²) in [7, 11) is 1.81. The molecule has 0 aromatic heterocycles. The molecule has 0 rings (SSSR count). The van der Waals surface area contributed by atoms with Crippen LogP contribution in [0.4, 0.5) is 0 Å². The fourth-order valence-corrected chi connectivity index (χ4v) is 1.76. The van der Waals surface area contributed by atoms with Crippen LogP contribution in [0.25, 0.3) is 0 Å². The molecule has 0 aliphatic rings. The first kappa shape index (κ1) is 14.0. The van der Waals surface area contributed by atoms with Gasteiger partial charge in [0.2, 0.25) is 0 Å². The van der Waals surface area contributed by atoms with Gasteiger partial charge in [-0.1, -0.05) is 0 Å². The van der Waals surface area contributed by atoms with Gasteiger partial charge in [-0.3, -0.25) is 0 Å². The maximum Gasteiger partial charge on any atom is 0.120 e. The second-order valence-corrected chi connectivity index (χ2v) is 3.65. The minimum Gasteiger partial charge on any atom is -0.314 e. The molecule has 86 valence electrons. The number of carbonyl (C=O) groups excluding carboxylic acids is 3. The molecule has 0 heterocycles. The Kier molecular flexibility index (Phi) is 7.72. The van der Waals surface area contributed by atoms with Gasteiger partial charge in [0.1, 0.15) is 18.9 Å². The van der Waals surface area contributed by atoms with E-state index in [0.29, 0.717) is 38.5 Å². The smallest absolute Gasteiger partial charge is 0.120 e. The number of carbonyl (C=O) groups is 3. The van der Waals surface area contributed by atoms with Crippen LogP contribution in [0.3, 0.4) is 0 Å². The van der Waals surface area contributed by atoms with E-state index in [0.717, 1.165) is 18.9 Å². The van der Waals surface area contributed by atoms with Crippen LogP contribution in [-0.2, 0) is 14.4 Å². The Labute approximate surface area is 90.4 Å². The van der Waals surface area contributed by atoms with E-state index in [-0.39, 0.29) is 5.54 Å². The molecule has 0 aliphatic carbocycles. The first-order valence-corrected chi connectivity index (χ1v) is 5.24. The van der Waals surface area contributed by atoms with Gasteiger partial charge in [0.05, 0.1) is 0 Å². The van der Waals surface area contributed by atoms with E-state index < -0.39 is 0 Å². The summed E-state index contributed by atoms with van der Waals surface area (Å²) in [4.78, 5) is 31.0. The minimum absolute atomic E-state index is 0.247. The van der Waals surface area contributed by atoms with E-state index in [4.69, 9.17) is 0 Å². The predicted molar refractivity (Wildman–Crippen MR) is 57.7 cm³/mol. The van der Waals surface area contributed by atoms with Crippen molar-refractivity contribution in [2.75, 3.05) is 7.05 Å². The van der Waals surface area contributed by atoms with Gasteiger partial charge >= 0.3 is 0 Å². The maximum atomic E-state index is 10.3. The molecular formula is C11H19NO3. The summed E-state index contributed by atoms with van der Waals surface area (Å²) in [6, 6.07) is 0. The van der Waals surface area contributed by atoms with Gasteiger partial charge < -0.3 is 19.7 Å². The molecule has 0 amide bonds. The monoisotopic (exact) mass is 213 g/mol. The molecule has 1 N–H and O–H groups in total. The Hall–Kier alpha value is -1.03. The van der Waals surface area contributed by atoms with Crippen LogP contribution in [0.2, 0.25) is 0 Å². The SMILES string of the molecule is CNC(CCC=O)(CCC=O)CCC=O. The van der Waals surface area contributed by atoms with Crippen LogP contribution in [0.1, 0.15) is 38.5 Å². The molecule has 0 aromatic carbocycles. The molecule has 0 spiro atoms. The highest BCUT2D eigenvalue weighted by Gasteiger charge is 2.26. The Morgan fingerprint density at radius 3 is 1.40 bits per heavy atom. The molecule has 0 radical (unpaired) electrons. The molecule has 15 heavy (non-hydrogen) atoms. The summed E-state index contributed by atoms with van der Waals surface area (Å²) in [5.41, 5.74) is -0.247. The third-order valence-corrected chi connectivity index (χ3v) is 2.75. The molecule has 0 fully saturated rings. The van der Waals surface area contributed by atoms with Gasteiger partial charge in [-0.05, 0) is 26.3 Å². The van der Waals surface area contributed by atoms with E-state index >= 15 is 0 Å². The Morgan fingerprint density at radius 1 is 0.867 bits per heavy atom. The van der Waals surface area contributed by atoms with Gasteiger partial charge in [-0.15, -0.1) is 0 Å². The molecule has 0 aromatic rings. The van der Waals surface area contributed by atoms with Crippen LogP contribution >= 0.6 is 0 Å². The summed E-state index contributed by atoms with van der Waals surface area (Å²) in [6.07, 6.45) is 6.00. The van der Waals surface area contributed by atoms with E-state index in [2.05, 4.69) is 5.32 Å². The minimum atomic E-state index is -0.247. The zero-order chi connectivity index (χ0) is 11.6. The zero-order valence-corrected chi connectivity index (χ0v) is 9.20. The van der Waals surface area contributed by atoms with Crippen molar-refractivity contribution in [3.8, 4) is 0 Å². The molecule has 0 atom stereocenters. The Morgan fingerprint density at radius 2 is 1.20 bits per heavy atom. The van der Waals surface area contributed by atoms with Gasteiger partial charge in [0, 0.05) is 24.8 Å². The number of hydrogen-bond acceptors (Lipinski definition) is 4. The molecular weight excluding hydrogens is 194 g/mol. The van der Waals surface area contributed by atoms with Crippen molar-refractivity contribution in [1.29, 1.82) is 0 Å². The number of rotatable bonds is 10. The zero-order valence-electron chi connectivity index (χ0n) is 9.20. The summed E-state index contributed by atoms with van der Waals surface area (Å²) in [6.45, 7) is 0. The third kappa shape index (κ3) is 5.42. The highest BCUT2D eigenvalue weighted by atomic mass is 16.1. The van der Waals surface area contributed by atoms with Crippen LogP contribution in [-0.4, -0.2) is 31.4 Å². The second kappa shape index (κ2) is 8.29. The molecule has 0 aliphatic heterocycles. The van der Waals surface area contributed by atoms with Crippen LogP contribution in [0.5, 0.6) is 0 Å². The van der Waals surface area contributed by atoms with E-state index in [1.54, 1.807) is 7.05 Å². The molecule has 4 nitrogen and oxygen atoms in total. The van der Waals surface area contributed by atoms with Crippen molar-refractivity contribution in [2.24, 2.45) is 0 Å². The first-order valence-electron chi connectivity index (χ1n) is 5.24. The lowest BCUT2D eigenvalue weighted by Gasteiger charge is -2.32. The van der Waals surface area contributed by atoms with Gasteiger partial charge in [0.25, 0.3) is 0 Å². The van der Waals surface area contributed by atoms with Crippen LogP contribution in [0, 0.1) is 0 Å². The Bertz CT molecular complexity index is 173. The summed E-state index contributed by atoms with van der Waals surface area (Å²) < 4.78 is 0. The largest absolute Gasteiger partial charge is 0.314 e. The molecule has 0 saturated heterocycles. The molecule has 0 saturated carbocycles. The van der Waals surface area contributed by atoms with E-state index in [9.17, 15) is 14.4 Å². The predicted octanol–water partition coefficient (Wildman–Crippen LogP) is 0.882. The fourth-order valence-electron chi connectivity index (χ4n) is 1.76. The Balaban J connectivity index is 4.34. The van der Waals surface area contributed by atoms with Crippen LogP contribution < -0.4 is 5.32 Å². The van der Waals surface area contributed by atoms with Gasteiger partial charge in [-0.25, -0.2) is 0 Å². The maximum absolute atomic E-state index is 10.3. The number of hydrogen-bond donors (Lipinski definition) is 1. The number of nitrogens with one attached hydrogen (secondary N) is 1. The van der Waals surface area contributed by atoms with Gasteiger partial charge in [-0.2, -0.15) is 0 Å². The lowest BCUT2D eigenvalue weighted by Crippen LogP contribution is -2.43. The lowest BCUT2D eigenvalue weighted by atomic mass is 9.84. The first-order chi connectivity index (χ1) is 7.24. The lowest BCUT2D eigenvalue weighted by molar-refractivity contribution is -0.108. The van der Waals surface area contributed by atoms with Crippen molar-refractivity contribution in [3.05, 3.63) is 0 Å². The van der Waals surface area contributed by atoms with Gasteiger partial charge in [0.15, 0.2) is 0 Å². The molecule has 4 heteroatoms. The fraction of sp³-hybridized carbons (Fsp3) is 0.727. The van der Waals surface area contributed by atoms with E-state index in [1.165, 1.54) is 0 Å². The standard InChI is InChI=1S/C11H19NO3/c1-12-11(5-2-8-13,6-3-9-14)7-4-10-15/h8-10,12H,2-7H2,1H3. The van der Waals surface area contributed by atoms with Crippen molar-refractivity contribution >= 4 is 18.9 Å². The highest BCUT2D eigenvalue weighted by Crippen LogP contribution is 2.23. The average Bonchev–Trinajstić information content (AvgIpc) is 2.29. The van der Waals surface area contributed by atoms with Crippen molar-refractivity contribution < 1.29 is 14.4 Å². The normalized spacial score (nSPS) is 11.0. The quantitative estimate of drug-likeness (QED) is 0.547. The van der Waals surface area contributed by atoms with Crippen molar-refractivity contribution in [1.82, 2.24) is 5.32 Å². The summed E-state index contributed by atoms with van der Waals surface area (Å²) >= 11 is 0. The number of aldehydes is 3. The molecule has 0 bridgehead atoms. The van der Waals surface area contributed by atoms with Crippen molar-refractivity contribution in [3.63, 3.8) is 0 Å². The summed E-state index contributed by atoms with van der Waals surface area (Å²) in [5.74, 6) is 0. The second-order valence-electron chi connectivity index (χ2n) is 3.65.